The van der Waals surface area contributed by atoms with E-state index in [0.29, 0.717) is 28.6 Å². The van der Waals surface area contributed by atoms with Crippen LogP contribution in [0.4, 0.5) is 5.69 Å². The number of rotatable bonds is 10. The standard InChI is InChI=1S/C22H24ClN3O5/c1-3-30-22(29)15(2)31-17-10-8-16(9-11-17)14-24-26-21(28)13-12-20(27)25-19-7-5-4-6-18(19)23/h4-11,14-15H,3,12-13H2,1-2H3,(H,25,27)(H,26,28). The number of amides is 2. The van der Waals surface area contributed by atoms with Gasteiger partial charge in [-0.1, -0.05) is 23.7 Å². The van der Waals surface area contributed by atoms with Crippen molar-refractivity contribution in [1.82, 2.24) is 5.43 Å². The number of carbonyl (C=O) groups excluding carboxylic acids is 3. The van der Waals surface area contributed by atoms with Crippen LogP contribution in [0.5, 0.6) is 5.75 Å². The van der Waals surface area contributed by atoms with Gasteiger partial charge in [0.2, 0.25) is 11.8 Å². The number of ether oxygens (including phenoxy) is 2. The summed E-state index contributed by atoms with van der Waals surface area (Å²) in [5.41, 5.74) is 3.58. The summed E-state index contributed by atoms with van der Waals surface area (Å²) in [5.74, 6) is -0.642. The predicted octanol–water partition coefficient (Wildman–Crippen LogP) is 3.54. The van der Waals surface area contributed by atoms with Crippen molar-refractivity contribution in [3.63, 3.8) is 0 Å². The molecular formula is C22H24ClN3O5. The van der Waals surface area contributed by atoms with Crippen molar-refractivity contribution in [3.05, 3.63) is 59.1 Å². The topological polar surface area (TPSA) is 106 Å². The second-order valence-corrected chi connectivity index (χ2v) is 6.81. The van der Waals surface area contributed by atoms with Crippen molar-refractivity contribution < 1.29 is 23.9 Å². The van der Waals surface area contributed by atoms with Gasteiger partial charge in [0.1, 0.15) is 5.75 Å². The Hall–Kier alpha value is -3.39. The normalized spacial score (nSPS) is 11.6. The average molecular weight is 446 g/mol. The molecule has 2 rings (SSSR count). The van der Waals surface area contributed by atoms with Gasteiger partial charge in [0.15, 0.2) is 6.10 Å². The molecule has 0 bridgehead atoms. The van der Waals surface area contributed by atoms with E-state index in [0.717, 1.165) is 0 Å². The number of nitrogens with one attached hydrogen (secondary N) is 2. The lowest BCUT2D eigenvalue weighted by molar-refractivity contribution is -0.150. The molecule has 0 heterocycles. The van der Waals surface area contributed by atoms with Crippen LogP contribution in [-0.4, -0.2) is 36.7 Å². The fraction of sp³-hybridized carbons (Fsp3) is 0.273. The number of hydrogen-bond acceptors (Lipinski definition) is 6. The van der Waals surface area contributed by atoms with Gasteiger partial charge in [0, 0.05) is 12.8 Å². The molecule has 0 saturated heterocycles. The van der Waals surface area contributed by atoms with Crippen molar-refractivity contribution >= 4 is 41.3 Å². The first-order valence-corrected chi connectivity index (χ1v) is 10.1. The van der Waals surface area contributed by atoms with Gasteiger partial charge < -0.3 is 14.8 Å². The molecule has 0 saturated carbocycles. The number of para-hydroxylation sites is 1. The number of benzene rings is 2. The highest BCUT2D eigenvalue weighted by Crippen LogP contribution is 2.20. The Morgan fingerprint density at radius 2 is 1.74 bits per heavy atom. The predicted molar refractivity (Wildman–Crippen MR) is 118 cm³/mol. The summed E-state index contributed by atoms with van der Waals surface area (Å²) in [4.78, 5) is 35.4. The number of nitrogens with zero attached hydrogens (tertiary/aromatic N) is 1. The monoisotopic (exact) mass is 445 g/mol. The molecule has 0 aliphatic carbocycles. The Morgan fingerprint density at radius 3 is 2.42 bits per heavy atom. The van der Waals surface area contributed by atoms with E-state index in [1.165, 1.54) is 6.21 Å². The number of hydrazone groups is 1. The summed E-state index contributed by atoms with van der Waals surface area (Å²) in [7, 11) is 0. The summed E-state index contributed by atoms with van der Waals surface area (Å²) in [6.45, 7) is 3.63. The van der Waals surface area contributed by atoms with E-state index in [1.807, 2.05) is 0 Å². The molecule has 2 amide bonds. The van der Waals surface area contributed by atoms with Crippen LogP contribution in [0.15, 0.2) is 53.6 Å². The van der Waals surface area contributed by atoms with Crippen LogP contribution in [0.2, 0.25) is 5.02 Å². The van der Waals surface area contributed by atoms with Gasteiger partial charge in [-0.2, -0.15) is 5.10 Å². The van der Waals surface area contributed by atoms with Crippen molar-refractivity contribution in [2.24, 2.45) is 5.10 Å². The molecule has 0 radical (unpaired) electrons. The molecular weight excluding hydrogens is 422 g/mol. The number of hydrogen-bond donors (Lipinski definition) is 2. The highest BCUT2D eigenvalue weighted by molar-refractivity contribution is 6.33. The summed E-state index contributed by atoms with van der Waals surface area (Å²) in [5, 5.41) is 6.95. The molecule has 0 spiro atoms. The average Bonchev–Trinajstić information content (AvgIpc) is 2.75. The summed E-state index contributed by atoms with van der Waals surface area (Å²) in [6.07, 6.45) is 0.720. The van der Waals surface area contributed by atoms with Gasteiger partial charge in [-0.3, -0.25) is 9.59 Å². The summed E-state index contributed by atoms with van der Waals surface area (Å²) in [6, 6.07) is 13.7. The lowest BCUT2D eigenvalue weighted by Crippen LogP contribution is -2.26. The molecule has 1 unspecified atom stereocenters. The molecule has 0 aliphatic heterocycles. The molecule has 2 aromatic rings. The van der Waals surface area contributed by atoms with Gasteiger partial charge in [0.05, 0.1) is 23.5 Å². The third-order valence-corrected chi connectivity index (χ3v) is 4.27. The molecule has 0 aliphatic rings. The zero-order valence-electron chi connectivity index (χ0n) is 17.3. The van der Waals surface area contributed by atoms with Crippen molar-refractivity contribution in [2.75, 3.05) is 11.9 Å². The van der Waals surface area contributed by atoms with E-state index < -0.39 is 18.0 Å². The highest BCUT2D eigenvalue weighted by atomic mass is 35.5. The van der Waals surface area contributed by atoms with Gasteiger partial charge in [-0.05, 0) is 55.8 Å². The smallest absolute Gasteiger partial charge is 0.347 e. The first kappa shape index (κ1) is 23.9. The molecule has 1 atom stereocenters. The van der Waals surface area contributed by atoms with E-state index >= 15 is 0 Å². The molecule has 0 aromatic heterocycles. The molecule has 0 fully saturated rings. The van der Waals surface area contributed by atoms with Crippen LogP contribution in [-0.2, 0) is 19.1 Å². The second kappa shape index (κ2) is 12.3. The number of halogens is 1. The molecule has 164 valence electrons. The van der Waals surface area contributed by atoms with Crippen LogP contribution in [0.3, 0.4) is 0 Å². The van der Waals surface area contributed by atoms with Gasteiger partial charge >= 0.3 is 5.97 Å². The van der Waals surface area contributed by atoms with Crippen LogP contribution >= 0.6 is 11.6 Å². The van der Waals surface area contributed by atoms with Gasteiger partial charge in [-0.15, -0.1) is 0 Å². The van der Waals surface area contributed by atoms with Gasteiger partial charge in [-0.25, -0.2) is 10.2 Å². The Balaban J connectivity index is 1.73. The second-order valence-electron chi connectivity index (χ2n) is 6.40. The SMILES string of the molecule is CCOC(=O)C(C)Oc1ccc(C=NNC(=O)CCC(=O)Nc2ccccc2Cl)cc1. The Kier molecular flexibility index (Phi) is 9.51. The molecule has 8 nitrogen and oxygen atoms in total. The summed E-state index contributed by atoms with van der Waals surface area (Å²) < 4.78 is 10.4. The first-order valence-electron chi connectivity index (χ1n) is 9.68. The minimum absolute atomic E-state index is 0.00272. The third kappa shape index (κ3) is 8.47. The highest BCUT2D eigenvalue weighted by Gasteiger charge is 2.15. The molecule has 31 heavy (non-hydrogen) atoms. The fourth-order valence-corrected chi connectivity index (χ4v) is 2.56. The van der Waals surface area contributed by atoms with Crippen LogP contribution < -0.4 is 15.5 Å². The Labute approximate surface area is 185 Å². The zero-order valence-corrected chi connectivity index (χ0v) is 18.0. The minimum atomic E-state index is -0.714. The first-order chi connectivity index (χ1) is 14.9. The minimum Gasteiger partial charge on any atom is -0.479 e. The maximum atomic E-state index is 11.9. The fourth-order valence-electron chi connectivity index (χ4n) is 2.38. The lowest BCUT2D eigenvalue weighted by Gasteiger charge is -2.13. The number of carbonyl (C=O) groups is 3. The number of esters is 1. The quantitative estimate of drug-likeness (QED) is 0.330. The Bertz CT molecular complexity index is 931. The third-order valence-electron chi connectivity index (χ3n) is 3.94. The lowest BCUT2D eigenvalue weighted by atomic mass is 10.2. The van der Waals surface area contributed by atoms with Crippen molar-refractivity contribution in [1.29, 1.82) is 0 Å². The van der Waals surface area contributed by atoms with Crippen LogP contribution in [0.1, 0.15) is 32.3 Å². The van der Waals surface area contributed by atoms with E-state index in [-0.39, 0.29) is 18.7 Å². The van der Waals surface area contributed by atoms with Gasteiger partial charge in [0.25, 0.3) is 0 Å². The molecule has 9 heteroatoms. The van der Waals surface area contributed by atoms with Crippen molar-refractivity contribution in [3.8, 4) is 5.75 Å². The summed E-state index contributed by atoms with van der Waals surface area (Å²) >= 11 is 5.98. The maximum Gasteiger partial charge on any atom is 0.347 e. The zero-order chi connectivity index (χ0) is 22.6. The van der Waals surface area contributed by atoms with Crippen LogP contribution in [0.25, 0.3) is 0 Å². The molecule has 2 N–H and O–H groups in total. The maximum absolute atomic E-state index is 11.9. The van der Waals surface area contributed by atoms with Crippen LogP contribution in [0, 0.1) is 0 Å². The molecule has 2 aromatic carbocycles. The largest absolute Gasteiger partial charge is 0.479 e. The van der Waals surface area contributed by atoms with E-state index in [1.54, 1.807) is 62.4 Å². The van der Waals surface area contributed by atoms with Crippen molar-refractivity contribution in [2.45, 2.75) is 32.8 Å². The van der Waals surface area contributed by atoms with E-state index in [2.05, 4.69) is 15.8 Å². The van der Waals surface area contributed by atoms with E-state index in [4.69, 9.17) is 21.1 Å². The number of anilines is 1. The Morgan fingerprint density at radius 1 is 1.06 bits per heavy atom. The van der Waals surface area contributed by atoms with E-state index in [9.17, 15) is 14.4 Å².